The maximum Gasteiger partial charge on any atom is 0.337 e. The maximum absolute atomic E-state index is 11.1. The number of benzene rings is 1. The molecule has 1 aromatic carbocycles. The van der Waals surface area contributed by atoms with Crippen LogP contribution in [-0.4, -0.2) is 40.6 Å². The lowest BCUT2D eigenvalue weighted by Gasteiger charge is -2.05. The molecular formula is C10H11N3O3. The van der Waals surface area contributed by atoms with Gasteiger partial charge in [-0.1, -0.05) is 0 Å². The van der Waals surface area contributed by atoms with Crippen LogP contribution in [0.4, 0.5) is 4.79 Å². The van der Waals surface area contributed by atoms with E-state index < -0.39 is 0 Å². The second-order valence-electron chi connectivity index (χ2n) is 3.35. The summed E-state index contributed by atoms with van der Waals surface area (Å²) in [7, 11) is 0. The molecule has 2 amide bonds. The standard InChI is InChI=1S/C10H11N3O3/c14-8-2-1-7(5-9(8)15)6-12-13-4-3-11-10(13)16/h1-2,5-6,14-15H,3-4H2,(H,11,16)/b12-6+. The minimum Gasteiger partial charge on any atom is -0.504 e. The fourth-order valence-electron chi connectivity index (χ4n) is 1.33. The SMILES string of the molecule is O=C1NCCN1/N=C/c1ccc(O)c(O)c1. The topological polar surface area (TPSA) is 85.2 Å². The van der Waals surface area contributed by atoms with E-state index >= 15 is 0 Å². The highest BCUT2D eigenvalue weighted by molar-refractivity contribution is 5.83. The van der Waals surface area contributed by atoms with Crippen molar-refractivity contribution in [2.45, 2.75) is 0 Å². The predicted octanol–water partition coefficient (Wildman–Crippen LogP) is 0.457. The number of hydrazone groups is 1. The summed E-state index contributed by atoms with van der Waals surface area (Å²) in [5.74, 6) is -0.397. The Hall–Kier alpha value is -2.24. The number of urea groups is 1. The number of rotatable bonds is 2. The van der Waals surface area contributed by atoms with Crippen LogP contribution in [0.25, 0.3) is 0 Å². The lowest BCUT2D eigenvalue weighted by atomic mass is 10.2. The summed E-state index contributed by atoms with van der Waals surface area (Å²) in [6, 6.07) is 4.08. The van der Waals surface area contributed by atoms with Crippen molar-refractivity contribution in [2.75, 3.05) is 13.1 Å². The molecule has 1 aliphatic heterocycles. The lowest BCUT2D eigenvalue weighted by molar-refractivity contribution is 0.219. The normalized spacial score (nSPS) is 15.8. The van der Waals surface area contributed by atoms with Crippen LogP contribution in [0.5, 0.6) is 11.5 Å². The third-order valence-corrected chi connectivity index (χ3v) is 2.18. The number of aromatic hydroxyl groups is 2. The molecule has 1 heterocycles. The minimum atomic E-state index is -0.237. The highest BCUT2D eigenvalue weighted by Gasteiger charge is 2.17. The van der Waals surface area contributed by atoms with Gasteiger partial charge in [-0.2, -0.15) is 5.10 Å². The van der Waals surface area contributed by atoms with Crippen LogP contribution in [0.15, 0.2) is 23.3 Å². The molecule has 1 aromatic rings. The van der Waals surface area contributed by atoms with Gasteiger partial charge >= 0.3 is 6.03 Å². The van der Waals surface area contributed by atoms with Crippen molar-refractivity contribution >= 4 is 12.2 Å². The van der Waals surface area contributed by atoms with Gasteiger partial charge in [0.15, 0.2) is 11.5 Å². The van der Waals surface area contributed by atoms with E-state index in [1.165, 1.54) is 23.4 Å². The molecule has 0 bridgehead atoms. The van der Waals surface area contributed by atoms with Crippen LogP contribution in [0.1, 0.15) is 5.56 Å². The first-order chi connectivity index (χ1) is 7.66. The van der Waals surface area contributed by atoms with E-state index in [2.05, 4.69) is 10.4 Å². The highest BCUT2D eigenvalue weighted by atomic mass is 16.3. The summed E-state index contributed by atoms with van der Waals surface area (Å²) in [5.41, 5.74) is 0.606. The van der Waals surface area contributed by atoms with Gasteiger partial charge in [0.2, 0.25) is 0 Å². The first-order valence-corrected chi connectivity index (χ1v) is 4.78. The van der Waals surface area contributed by atoms with Crippen LogP contribution in [0.3, 0.4) is 0 Å². The third kappa shape index (κ3) is 2.05. The van der Waals surface area contributed by atoms with Gasteiger partial charge in [-0.15, -0.1) is 0 Å². The van der Waals surface area contributed by atoms with Gasteiger partial charge in [-0.05, 0) is 23.8 Å². The molecule has 0 unspecified atom stereocenters. The Kier molecular flexibility index (Phi) is 2.63. The van der Waals surface area contributed by atoms with E-state index in [9.17, 15) is 9.90 Å². The zero-order valence-electron chi connectivity index (χ0n) is 8.42. The molecule has 2 rings (SSSR count). The molecule has 6 heteroatoms. The van der Waals surface area contributed by atoms with Crippen molar-refractivity contribution in [1.29, 1.82) is 0 Å². The second kappa shape index (κ2) is 4.09. The number of phenolic OH excluding ortho intramolecular Hbond substituents is 2. The zero-order valence-corrected chi connectivity index (χ0v) is 8.42. The smallest absolute Gasteiger partial charge is 0.337 e. The van der Waals surface area contributed by atoms with Gasteiger partial charge in [0, 0.05) is 6.54 Å². The summed E-state index contributed by atoms with van der Waals surface area (Å²) < 4.78 is 0. The lowest BCUT2D eigenvalue weighted by Crippen LogP contribution is -2.23. The average molecular weight is 221 g/mol. The Morgan fingerprint density at radius 1 is 1.38 bits per heavy atom. The van der Waals surface area contributed by atoms with Crippen LogP contribution in [0, 0.1) is 0 Å². The van der Waals surface area contributed by atoms with Crippen molar-refractivity contribution < 1.29 is 15.0 Å². The number of carbonyl (C=O) groups excluding carboxylic acids is 1. The van der Waals surface area contributed by atoms with Gasteiger partial charge in [0.25, 0.3) is 0 Å². The Morgan fingerprint density at radius 2 is 2.19 bits per heavy atom. The summed E-state index contributed by atoms with van der Waals surface area (Å²) in [6.07, 6.45) is 1.45. The largest absolute Gasteiger partial charge is 0.504 e. The highest BCUT2D eigenvalue weighted by Crippen LogP contribution is 2.24. The van der Waals surface area contributed by atoms with Crippen molar-refractivity contribution in [1.82, 2.24) is 10.3 Å². The molecule has 1 aliphatic rings. The molecule has 0 atom stereocenters. The zero-order chi connectivity index (χ0) is 11.5. The van der Waals surface area contributed by atoms with E-state index in [-0.39, 0.29) is 17.5 Å². The van der Waals surface area contributed by atoms with Crippen molar-refractivity contribution in [3.63, 3.8) is 0 Å². The first kappa shape index (κ1) is 10.3. The Bertz CT molecular complexity index is 445. The molecule has 0 aromatic heterocycles. The van der Waals surface area contributed by atoms with E-state index in [1.54, 1.807) is 6.07 Å². The van der Waals surface area contributed by atoms with Crippen molar-refractivity contribution in [2.24, 2.45) is 5.10 Å². The van der Waals surface area contributed by atoms with Crippen LogP contribution >= 0.6 is 0 Å². The number of nitrogens with one attached hydrogen (secondary N) is 1. The molecule has 1 saturated heterocycles. The van der Waals surface area contributed by atoms with Gasteiger partial charge in [0.05, 0.1) is 12.8 Å². The first-order valence-electron chi connectivity index (χ1n) is 4.78. The average Bonchev–Trinajstić information content (AvgIpc) is 2.66. The summed E-state index contributed by atoms with van der Waals surface area (Å²) >= 11 is 0. The molecule has 0 radical (unpaired) electrons. The number of amides is 2. The molecule has 3 N–H and O–H groups in total. The van der Waals surface area contributed by atoms with Gasteiger partial charge < -0.3 is 15.5 Å². The number of phenols is 2. The molecule has 0 aliphatic carbocycles. The molecular weight excluding hydrogens is 210 g/mol. The fraction of sp³-hybridized carbons (Fsp3) is 0.200. The summed E-state index contributed by atoms with van der Waals surface area (Å²) in [4.78, 5) is 11.1. The summed E-state index contributed by atoms with van der Waals surface area (Å²) in [5, 5.41) is 26.2. The van der Waals surface area contributed by atoms with E-state index in [0.717, 1.165) is 0 Å². The number of nitrogens with zero attached hydrogens (tertiary/aromatic N) is 2. The molecule has 0 spiro atoms. The molecule has 1 fully saturated rings. The van der Waals surface area contributed by atoms with E-state index in [1.807, 2.05) is 0 Å². The van der Waals surface area contributed by atoms with Gasteiger partial charge in [-0.3, -0.25) is 0 Å². The van der Waals surface area contributed by atoms with Crippen molar-refractivity contribution in [3.8, 4) is 11.5 Å². The number of hydrogen-bond acceptors (Lipinski definition) is 4. The Morgan fingerprint density at radius 3 is 2.81 bits per heavy atom. The number of hydrogen-bond donors (Lipinski definition) is 3. The number of carbonyl (C=O) groups is 1. The van der Waals surface area contributed by atoms with Gasteiger partial charge in [0.1, 0.15) is 0 Å². The minimum absolute atomic E-state index is 0.184. The molecule has 0 saturated carbocycles. The Balaban J connectivity index is 2.11. The third-order valence-electron chi connectivity index (χ3n) is 2.18. The predicted molar refractivity (Wildman–Crippen MR) is 57.5 cm³/mol. The van der Waals surface area contributed by atoms with Crippen LogP contribution in [0.2, 0.25) is 0 Å². The monoisotopic (exact) mass is 221 g/mol. The maximum atomic E-state index is 11.1. The van der Waals surface area contributed by atoms with E-state index in [0.29, 0.717) is 18.7 Å². The molecule has 84 valence electrons. The molecule has 16 heavy (non-hydrogen) atoms. The molecule has 6 nitrogen and oxygen atoms in total. The van der Waals surface area contributed by atoms with Crippen molar-refractivity contribution in [3.05, 3.63) is 23.8 Å². The van der Waals surface area contributed by atoms with Gasteiger partial charge in [-0.25, -0.2) is 9.80 Å². The second-order valence-corrected chi connectivity index (χ2v) is 3.35. The van der Waals surface area contributed by atoms with E-state index in [4.69, 9.17) is 5.11 Å². The quantitative estimate of drug-likeness (QED) is 0.501. The fourth-order valence-corrected chi connectivity index (χ4v) is 1.33. The summed E-state index contributed by atoms with van der Waals surface area (Å²) in [6.45, 7) is 1.11. The Labute approximate surface area is 91.8 Å². The van der Waals surface area contributed by atoms with Crippen LogP contribution < -0.4 is 5.32 Å². The van der Waals surface area contributed by atoms with Crippen LogP contribution in [-0.2, 0) is 0 Å².